The Hall–Kier alpha value is -0.420. The highest BCUT2D eigenvalue weighted by Gasteiger charge is 2.34. The number of fused-ring (bicyclic) bond motifs is 2. The molecule has 2 aliphatic rings. The van der Waals surface area contributed by atoms with Crippen LogP contribution in [0.3, 0.4) is 0 Å². The van der Waals surface area contributed by atoms with Crippen molar-refractivity contribution in [2.45, 2.75) is 68.6 Å². The number of hydrogen-bond donors (Lipinski definition) is 2. The first-order valence-electron chi connectivity index (χ1n) is 7.28. The summed E-state index contributed by atoms with van der Waals surface area (Å²) in [5, 5.41) is 8.09. The molecule has 2 aliphatic heterocycles. The van der Waals surface area contributed by atoms with Gasteiger partial charge in [-0.25, -0.2) is 4.79 Å². The number of amides is 1. The Balaban J connectivity index is 1.56. The zero-order chi connectivity index (χ0) is 13.9. The molecule has 0 spiro atoms. The van der Waals surface area contributed by atoms with E-state index in [2.05, 4.69) is 22.4 Å². The van der Waals surface area contributed by atoms with Gasteiger partial charge in [0.2, 0.25) is 0 Å². The molecule has 19 heavy (non-hydrogen) atoms. The van der Waals surface area contributed by atoms with Crippen molar-refractivity contribution in [2.75, 3.05) is 13.1 Å². The third-order valence-electron chi connectivity index (χ3n) is 3.52. The molecule has 2 N–H and O–H groups in total. The van der Waals surface area contributed by atoms with Crippen LogP contribution in [0.1, 0.15) is 46.5 Å². The van der Waals surface area contributed by atoms with E-state index >= 15 is 0 Å². The van der Waals surface area contributed by atoms with Crippen LogP contribution in [0.2, 0.25) is 0 Å². The van der Waals surface area contributed by atoms with Crippen molar-refractivity contribution >= 4 is 17.9 Å². The first-order chi connectivity index (χ1) is 8.92. The summed E-state index contributed by atoms with van der Waals surface area (Å²) in [5.74, 6) is 0. The van der Waals surface area contributed by atoms with Crippen molar-refractivity contribution in [1.29, 1.82) is 0 Å². The molecule has 0 aromatic carbocycles. The van der Waals surface area contributed by atoms with Gasteiger partial charge in [-0.15, -0.1) is 0 Å². The van der Waals surface area contributed by atoms with Crippen LogP contribution in [0, 0.1) is 0 Å². The standard InChI is InChI=1S/C14H26N2O2S/c1-14(2,3)18-13(17)16-7-6-15-10-8-11-4-5-12(9-10)19-11/h10-12,15H,4-9H2,1-3H3,(H,16,17). The molecule has 110 valence electrons. The van der Waals surface area contributed by atoms with E-state index in [1.165, 1.54) is 25.7 Å². The number of rotatable bonds is 4. The van der Waals surface area contributed by atoms with Crippen molar-refractivity contribution in [1.82, 2.24) is 10.6 Å². The topological polar surface area (TPSA) is 50.4 Å². The average Bonchev–Trinajstić information content (AvgIpc) is 2.62. The third kappa shape index (κ3) is 5.22. The lowest BCUT2D eigenvalue weighted by atomic mass is 10.1. The Morgan fingerprint density at radius 2 is 1.84 bits per heavy atom. The lowest BCUT2D eigenvalue weighted by molar-refractivity contribution is 0.0528. The molecule has 5 heteroatoms. The van der Waals surface area contributed by atoms with Gasteiger partial charge in [-0.05, 0) is 46.5 Å². The highest BCUT2D eigenvalue weighted by atomic mass is 32.2. The predicted octanol–water partition coefficient (Wildman–Crippen LogP) is 2.53. The molecule has 2 fully saturated rings. The maximum atomic E-state index is 11.5. The fourth-order valence-electron chi connectivity index (χ4n) is 2.78. The monoisotopic (exact) mass is 286 g/mol. The molecule has 2 heterocycles. The summed E-state index contributed by atoms with van der Waals surface area (Å²) >= 11 is 2.18. The molecule has 2 atom stereocenters. The second-order valence-electron chi connectivity index (χ2n) is 6.51. The fourth-order valence-corrected chi connectivity index (χ4v) is 4.55. The number of nitrogens with one attached hydrogen (secondary N) is 2. The fraction of sp³-hybridized carbons (Fsp3) is 0.929. The first kappa shape index (κ1) is 15.0. The van der Waals surface area contributed by atoms with Gasteiger partial charge in [0, 0.05) is 29.6 Å². The highest BCUT2D eigenvalue weighted by molar-refractivity contribution is 8.00. The van der Waals surface area contributed by atoms with E-state index in [4.69, 9.17) is 4.74 Å². The van der Waals surface area contributed by atoms with Crippen LogP contribution >= 0.6 is 11.8 Å². The Morgan fingerprint density at radius 1 is 1.21 bits per heavy atom. The van der Waals surface area contributed by atoms with Crippen LogP contribution < -0.4 is 10.6 Å². The summed E-state index contributed by atoms with van der Waals surface area (Å²) < 4.78 is 5.19. The maximum Gasteiger partial charge on any atom is 0.407 e. The summed E-state index contributed by atoms with van der Waals surface area (Å²) in [4.78, 5) is 11.5. The number of carbonyl (C=O) groups is 1. The summed E-state index contributed by atoms with van der Waals surface area (Å²) in [6.45, 7) is 7.09. The molecule has 4 nitrogen and oxygen atoms in total. The van der Waals surface area contributed by atoms with Crippen molar-refractivity contribution in [3.63, 3.8) is 0 Å². The summed E-state index contributed by atoms with van der Waals surface area (Å²) in [5.41, 5.74) is -0.419. The minimum Gasteiger partial charge on any atom is -0.444 e. The number of ether oxygens (including phenoxy) is 1. The summed E-state index contributed by atoms with van der Waals surface area (Å²) in [7, 11) is 0. The third-order valence-corrected chi connectivity index (χ3v) is 5.14. The van der Waals surface area contributed by atoms with Crippen LogP contribution in [0.4, 0.5) is 4.79 Å². The minimum absolute atomic E-state index is 0.325. The molecule has 1 amide bonds. The second kappa shape index (κ2) is 6.35. The molecule has 0 aromatic heterocycles. The van der Waals surface area contributed by atoms with Crippen LogP contribution in [0.5, 0.6) is 0 Å². The first-order valence-corrected chi connectivity index (χ1v) is 8.22. The molecule has 0 saturated carbocycles. The van der Waals surface area contributed by atoms with E-state index in [0.717, 1.165) is 17.0 Å². The van der Waals surface area contributed by atoms with Gasteiger partial charge in [-0.3, -0.25) is 0 Å². The van der Waals surface area contributed by atoms with Crippen molar-refractivity contribution < 1.29 is 9.53 Å². The Morgan fingerprint density at radius 3 is 2.42 bits per heavy atom. The summed E-state index contributed by atoms with van der Waals surface area (Å²) in [6, 6.07) is 0.638. The van der Waals surface area contributed by atoms with E-state index in [0.29, 0.717) is 12.6 Å². The number of thioether (sulfide) groups is 1. The molecule has 0 aliphatic carbocycles. The molecular weight excluding hydrogens is 260 g/mol. The molecule has 2 rings (SSSR count). The van der Waals surface area contributed by atoms with E-state index in [9.17, 15) is 4.79 Å². The van der Waals surface area contributed by atoms with Crippen LogP contribution in [-0.4, -0.2) is 41.3 Å². The second-order valence-corrected chi connectivity index (χ2v) is 8.11. The van der Waals surface area contributed by atoms with Gasteiger partial charge in [0.15, 0.2) is 0 Å². The van der Waals surface area contributed by atoms with Crippen molar-refractivity contribution in [2.24, 2.45) is 0 Å². The maximum absolute atomic E-state index is 11.5. The largest absolute Gasteiger partial charge is 0.444 e. The average molecular weight is 286 g/mol. The zero-order valence-corrected chi connectivity index (χ0v) is 13.0. The number of hydrogen-bond acceptors (Lipinski definition) is 4. The number of carbonyl (C=O) groups excluding carboxylic acids is 1. The summed E-state index contributed by atoms with van der Waals surface area (Å²) in [6.07, 6.45) is 5.03. The Kier molecular flexibility index (Phi) is 5.01. The molecule has 2 unspecified atom stereocenters. The number of alkyl carbamates (subject to hydrolysis) is 1. The van der Waals surface area contributed by atoms with Crippen molar-refractivity contribution in [3.8, 4) is 0 Å². The van der Waals surface area contributed by atoms with E-state index in [-0.39, 0.29) is 6.09 Å². The Labute approximate surface area is 120 Å². The van der Waals surface area contributed by atoms with Gasteiger partial charge < -0.3 is 15.4 Å². The van der Waals surface area contributed by atoms with E-state index in [1.54, 1.807) is 0 Å². The minimum atomic E-state index is -0.419. The van der Waals surface area contributed by atoms with Gasteiger partial charge in [0.05, 0.1) is 0 Å². The normalized spacial score (nSPS) is 30.2. The lowest BCUT2D eigenvalue weighted by Crippen LogP contribution is -2.41. The van der Waals surface area contributed by atoms with Gasteiger partial charge >= 0.3 is 6.09 Å². The van der Waals surface area contributed by atoms with Gasteiger partial charge in [-0.1, -0.05) is 0 Å². The van der Waals surface area contributed by atoms with Gasteiger partial charge in [0.25, 0.3) is 0 Å². The molecule has 2 saturated heterocycles. The molecule has 0 aromatic rings. The Bertz CT molecular complexity index is 305. The van der Waals surface area contributed by atoms with Gasteiger partial charge in [0.1, 0.15) is 5.60 Å². The molecule has 2 bridgehead atoms. The predicted molar refractivity (Wildman–Crippen MR) is 79.7 cm³/mol. The lowest BCUT2D eigenvalue weighted by Gasteiger charge is -2.28. The van der Waals surface area contributed by atoms with E-state index in [1.807, 2.05) is 20.8 Å². The highest BCUT2D eigenvalue weighted by Crippen LogP contribution is 2.43. The van der Waals surface area contributed by atoms with Crippen molar-refractivity contribution in [3.05, 3.63) is 0 Å². The van der Waals surface area contributed by atoms with Crippen LogP contribution in [0.25, 0.3) is 0 Å². The molecular formula is C14H26N2O2S. The van der Waals surface area contributed by atoms with Crippen LogP contribution in [-0.2, 0) is 4.74 Å². The smallest absolute Gasteiger partial charge is 0.407 e. The van der Waals surface area contributed by atoms with Gasteiger partial charge in [-0.2, -0.15) is 11.8 Å². The van der Waals surface area contributed by atoms with Crippen LogP contribution in [0.15, 0.2) is 0 Å². The quantitative estimate of drug-likeness (QED) is 0.780. The SMILES string of the molecule is CC(C)(C)OC(=O)NCCNC1CC2CCC(C1)S2. The zero-order valence-electron chi connectivity index (χ0n) is 12.2. The van der Waals surface area contributed by atoms with E-state index < -0.39 is 5.60 Å². The molecule has 0 radical (unpaired) electrons.